The molecule has 0 spiro atoms. The van der Waals surface area contributed by atoms with Gasteiger partial charge < -0.3 is 4.90 Å². The molecule has 0 bridgehead atoms. The van der Waals surface area contributed by atoms with Crippen molar-refractivity contribution in [1.82, 2.24) is 4.90 Å². The van der Waals surface area contributed by atoms with E-state index in [2.05, 4.69) is 4.25 Å². The van der Waals surface area contributed by atoms with Gasteiger partial charge in [-0.15, -0.1) is 0 Å². The van der Waals surface area contributed by atoms with Crippen LogP contribution in [0.15, 0.2) is 0 Å². The Balaban J connectivity index is 4.76. The van der Waals surface area contributed by atoms with Gasteiger partial charge in [-0.2, -0.15) is 0 Å². The lowest BCUT2D eigenvalue weighted by atomic mass is 10.4. The van der Waals surface area contributed by atoms with Gasteiger partial charge >= 0.3 is 6.07 Å². The van der Waals surface area contributed by atoms with Crippen molar-refractivity contribution in [1.29, 1.82) is 5.41 Å². The molecule has 0 rings (SSSR count). The number of hydrogen-bond acceptors (Lipinski definition) is 2. The standard InChI is InChI=1S/C7H7F6N3S/c1-16(2)4(14)3-15-17-5(6(8,9)10)7(11,12)13/h14H,1-2H3. The van der Waals surface area contributed by atoms with Crippen LogP contribution in [0.2, 0.25) is 0 Å². The van der Waals surface area contributed by atoms with Gasteiger partial charge in [0.1, 0.15) is 11.9 Å². The van der Waals surface area contributed by atoms with Crippen molar-refractivity contribution in [3.8, 4) is 6.07 Å². The van der Waals surface area contributed by atoms with Crippen molar-refractivity contribution in [2.45, 2.75) is 12.4 Å². The Bertz CT molecular complexity index is 322. The molecule has 10 heteroatoms. The Kier molecular flexibility index (Phi) is 5.12. The fourth-order valence-corrected chi connectivity index (χ4v) is 0.906. The van der Waals surface area contributed by atoms with E-state index in [9.17, 15) is 26.3 Å². The second-order valence-electron chi connectivity index (χ2n) is 2.86. The van der Waals surface area contributed by atoms with Crippen LogP contribution in [0.1, 0.15) is 0 Å². The molecule has 0 aromatic heterocycles. The smallest absolute Gasteiger partial charge is 0.351 e. The van der Waals surface area contributed by atoms with Gasteiger partial charge in [0.15, 0.2) is 0 Å². The molecule has 1 N–H and O–H groups in total. The predicted octanol–water partition coefficient (Wildman–Crippen LogP) is 3.16. The third kappa shape index (κ3) is 5.67. The average molecular weight is 279 g/mol. The monoisotopic (exact) mass is 279 g/mol. The zero-order chi connectivity index (χ0) is 13.9. The van der Waals surface area contributed by atoms with Gasteiger partial charge in [0.2, 0.25) is 0 Å². The first kappa shape index (κ1) is 15.9. The number of amidine groups is 1. The first-order valence-electron chi connectivity index (χ1n) is 3.86. The summed E-state index contributed by atoms with van der Waals surface area (Å²) in [5, 5.41) is 4.33. The summed E-state index contributed by atoms with van der Waals surface area (Å²) in [5.74, 6) is -0.443. The highest BCUT2D eigenvalue weighted by Gasteiger charge is 2.47. The fraction of sp³-hybridized carbons (Fsp3) is 0.571. The number of rotatable bonds is 1. The second-order valence-corrected chi connectivity index (χ2v) is 3.64. The molecule has 0 saturated carbocycles. The van der Waals surface area contributed by atoms with Gasteiger partial charge in [-0.25, -0.2) is 26.3 Å². The van der Waals surface area contributed by atoms with Gasteiger partial charge in [-0.3, -0.25) is 5.41 Å². The van der Waals surface area contributed by atoms with E-state index in [0.717, 1.165) is 4.90 Å². The van der Waals surface area contributed by atoms with Crippen molar-refractivity contribution < 1.29 is 26.3 Å². The summed E-state index contributed by atoms with van der Waals surface area (Å²) in [6, 6.07) is 1.73. The molecule has 0 aliphatic rings. The second kappa shape index (κ2) is 5.48. The first-order chi connectivity index (χ1) is 7.46. The van der Waals surface area contributed by atoms with E-state index >= 15 is 0 Å². The lowest BCUT2D eigenvalue weighted by Crippen LogP contribution is -2.31. The Hall–Kier alpha value is -1.11. The number of halogens is 6. The molecule has 17 heavy (non-hydrogen) atoms. The Morgan fingerprint density at radius 1 is 1.18 bits per heavy atom. The zero-order valence-corrected chi connectivity index (χ0v) is 9.39. The Morgan fingerprint density at radius 2 is 1.59 bits per heavy atom. The highest BCUT2D eigenvalue weighted by Crippen LogP contribution is 2.48. The number of nitrogens with zero attached hydrogens (tertiary/aromatic N) is 2. The third-order valence-electron chi connectivity index (χ3n) is 1.25. The minimum Gasteiger partial charge on any atom is -0.351 e. The largest absolute Gasteiger partial charge is 0.367 e. The molecule has 0 amide bonds. The van der Waals surface area contributed by atoms with E-state index in [1.165, 1.54) is 14.1 Å². The highest BCUT2D eigenvalue weighted by molar-refractivity contribution is 8.04. The van der Waals surface area contributed by atoms with Crippen molar-refractivity contribution >= 4 is 17.8 Å². The molecule has 0 aliphatic carbocycles. The average Bonchev–Trinajstić information content (AvgIpc) is 2.07. The predicted molar refractivity (Wildman–Crippen MR) is 51.6 cm³/mol. The minimum absolute atomic E-state index is 0.443. The SMILES string of the molecule is CN(C)C(=N)C#[N+]S[C-](C(F)(F)F)C(F)(F)F. The van der Waals surface area contributed by atoms with Crippen LogP contribution >= 0.6 is 11.9 Å². The van der Waals surface area contributed by atoms with E-state index in [1.54, 1.807) is 6.07 Å². The van der Waals surface area contributed by atoms with Gasteiger partial charge in [0, 0.05) is 19.3 Å². The summed E-state index contributed by atoms with van der Waals surface area (Å²) < 4.78 is 74.6. The van der Waals surface area contributed by atoms with Crippen LogP contribution in [-0.4, -0.2) is 37.2 Å². The maximum atomic E-state index is 12.0. The van der Waals surface area contributed by atoms with Crippen LogP contribution in [0.25, 0.3) is 4.25 Å². The minimum atomic E-state index is -5.53. The topological polar surface area (TPSA) is 31.5 Å². The Labute approximate surface area is 97.2 Å². The molecular weight excluding hydrogens is 272 g/mol. The van der Waals surface area contributed by atoms with E-state index in [0.29, 0.717) is 0 Å². The first-order valence-corrected chi connectivity index (χ1v) is 4.64. The van der Waals surface area contributed by atoms with Crippen molar-refractivity contribution in [3.63, 3.8) is 0 Å². The summed E-state index contributed by atoms with van der Waals surface area (Å²) in [6.45, 7) is 0. The molecule has 98 valence electrons. The summed E-state index contributed by atoms with van der Waals surface area (Å²) >= 11 is -0.806. The van der Waals surface area contributed by atoms with Gasteiger partial charge in [-0.05, 0) is 4.25 Å². The van der Waals surface area contributed by atoms with Crippen LogP contribution in [0.4, 0.5) is 26.3 Å². The molecule has 0 radical (unpaired) electrons. The van der Waals surface area contributed by atoms with Crippen LogP contribution in [0.5, 0.6) is 0 Å². The molecule has 0 atom stereocenters. The molecule has 0 aliphatic heterocycles. The van der Waals surface area contributed by atoms with Crippen molar-refractivity contribution in [2.75, 3.05) is 14.1 Å². The van der Waals surface area contributed by atoms with E-state index in [-0.39, 0.29) is 0 Å². The molecule has 0 unspecified atom stereocenters. The zero-order valence-electron chi connectivity index (χ0n) is 8.57. The highest BCUT2D eigenvalue weighted by atomic mass is 32.2. The van der Waals surface area contributed by atoms with E-state index in [4.69, 9.17) is 5.41 Å². The normalized spacial score (nSPS) is 12.1. The van der Waals surface area contributed by atoms with E-state index < -0.39 is 35.4 Å². The molecule has 3 nitrogen and oxygen atoms in total. The maximum Gasteiger partial charge on any atom is 0.367 e. The fourth-order valence-electron chi connectivity index (χ4n) is 0.476. The van der Waals surface area contributed by atoms with Crippen LogP contribution < -0.4 is 0 Å². The van der Waals surface area contributed by atoms with Gasteiger partial charge in [-0.1, -0.05) is 0 Å². The van der Waals surface area contributed by atoms with Gasteiger partial charge in [0.25, 0.3) is 18.2 Å². The molecule has 0 heterocycles. The quantitative estimate of drug-likeness (QED) is 0.263. The summed E-state index contributed by atoms with van der Waals surface area (Å²) in [4.78, 5) is 1.12. The van der Waals surface area contributed by atoms with Crippen LogP contribution in [0.3, 0.4) is 0 Å². The van der Waals surface area contributed by atoms with Crippen molar-refractivity contribution in [3.05, 3.63) is 9.50 Å². The van der Waals surface area contributed by atoms with E-state index in [1.807, 2.05) is 0 Å². The summed E-state index contributed by atoms with van der Waals surface area (Å²) in [6.07, 6.45) is -11.1. The molecular formula is C7H7F6N3S. The number of alkyl halides is 6. The van der Waals surface area contributed by atoms with Crippen molar-refractivity contribution in [2.24, 2.45) is 0 Å². The van der Waals surface area contributed by atoms with Gasteiger partial charge in [0.05, 0.1) is 0 Å². The molecule has 0 aromatic rings. The maximum absolute atomic E-state index is 12.0. The lowest BCUT2D eigenvalue weighted by Gasteiger charge is -2.27. The third-order valence-corrected chi connectivity index (χ3v) is 2.08. The molecule has 0 fully saturated rings. The summed E-state index contributed by atoms with van der Waals surface area (Å²) in [5.41, 5.74) is 0. The number of hydrogen-bond donors (Lipinski definition) is 1. The lowest BCUT2D eigenvalue weighted by molar-refractivity contribution is -0.186. The van der Waals surface area contributed by atoms with Crippen LogP contribution in [0, 0.1) is 16.7 Å². The number of nitrogens with one attached hydrogen (secondary N) is 1. The Morgan fingerprint density at radius 3 is 1.88 bits per heavy atom. The molecule has 0 aromatic carbocycles. The van der Waals surface area contributed by atoms with Crippen LogP contribution in [-0.2, 0) is 0 Å². The molecule has 0 saturated heterocycles. The summed E-state index contributed by atoms with van der Waals surface area (Å²) in [7, 11) is 2.74.